The van der Waals surface area contributed by atoms with Crippen molar-refractivity contribution in [3.05, 3.63) is 0 Å². The molecule has 3 amide bonds. The van der Waals surface area contributed by atoms with Gasteiger partial charge in [-0.3, -0.25) is 0 Å². The molecule has 0 saturated heterocycles. The monoisotopic (exact) mass is 287 g/mol. The van der Waals surface area contributed by atoms with Gasteiger partial charge in [0.25, 0.3) is 0 Å². The maximum atomic E-state index is 11.5. The number of hydrogen-bond donors (Lipinski definition) is 3. The van der Waals surface area contributed by atoms with Gasteiger partial charge in [-0.05, 0) is 54.4 Å². The molecule has 0 heterocycles. The van der Waals surface area contributed by atoms with Gasteiger partial charge in [-0.15, -0.1) is 0 Å². The highest BCUT2D eigenvalue weighted by Crippen LogP contribution is 2.05. The number of urea groups is 1. The lowest BCUT2D eigenvalue weighted by Gasteiger charge is -2.19. The van der Waals surface area contributed by atoms with Crippen LogP contribution in [0, 0.1) is 0 Å². The summed E-state index contributed by atoms with van der Waals surface area (Å²) in [5.74, 6) is 0. The molecule has 6 nitrogen and oxygen atoms in total. The highest BCUT2D eigenvalue weighted by Gasteiger charge is 2.13. The molecule has 0 radical (unpaired) electrons. The second kappa shape index (κ2) is 9.44. The molecule has 0 aromatic carbocycles. The Labute approximate surface area is 122 Å². The summed E-state index contributed by atoms with van der Waals surface area (Å²) in [4.78, 5) is 22.9. The zero-order valence-electron chi connectivity index (χ0n) is 13.4. The quantitative estimate of drug-likeness (QED) is 0.672. The second-order valence-corrected chi connectivity index (χ2v) is 5.77. The lowest BCUT2D eigenvalue weighted by molar-refractivity contribution is 0.0976. The van der Waals surface area contributed by atoms with E-state index in [1.54, 1.807) is 0 Å². The summed E-state index contributed by atoms with van der Waals surface area (Å²) < 4.78 is 5.20. The van der Waals surface area contributed by atoms with E-state index in [9.17, 15) is 9.59 Å². The van der Waals surface area contributed by atoms with Crippen LogP contribution in [-0.2, 0) is 4.74 Å². The summed E-state index contributed by atoms with van der Waals surface area (Å²) in [6.45, 7) is 11.4. The number of amides is 3. The molecule has 0 aliphatic carbocycles. The summed E-state index contributed by atoms with van der Waals surface area (Å²) in [5.41, 5.74) is 0. The maximum Gasteiger partial charge on any atom is 0.407 e. The van der Waals surface area contributed by atoms with Gasteiger partial charge in [-0.2, -0.15) is 0 Å². The molecule has 0 fully saturated rings. The Balaban J connectivity index is 3.85. The SMILES string of the molecule is CC(C)NC(=O)NC(C)CCC(C)OC(=O)NC(C)C. The molecule has 6 heteroatoms. The highest BCUT2D eigenvalue weighted by molar-refractivity contribution is 5.74. The molecule has 0 bridgehead atoms. The van der Waals surface area contributed by atoms with E-state index in [1.807, 2.05) is 41.5 Å². The molecule has 0 aromatic heterocycles. The van der Waals surface area contributed by atoms with Gasteiger partial charge in [0.2, 0.25) is 0 Å². The standard InChI is InChI=1S/C14H29N3O3/c1-9(2)15-13(18)17-11(5)7-8-12(6)20-14(19)16-10(3)4/h9-12H,7-8H2,1-6H3,(H,16,19)(H2,15,17,18). The first kappa shape index (κ1) is 18.5. The normalized spacial score (nSPS) is 13.8. The van der Waals surface area contributed by atoms with Gasteiger partial charge in [0.05, 0.1) is 0 Å². The van der Waals surface area contributed by atoms with Crippen molar-refractivity contribution in [2.45, 2.75) is 78.6 Å². The topological polar surface area (TPSA) is 79.5 Å². The van der Waals surface area contributed by atoms with Crippen molar-refractivity contribution in [1.82, 2.24) is 16.0 Å². The van der Waals surface area contributed by atoms with E-state index < -0.39 is 6.09 Å². The smallest absolute Gasteiger partial charge is 0.407 e. The first-order valence-corrected chi connectivity index (χ1v) is 7.24. The fourth-order valence-corrected chi connectivity index (χ4v) is 1.60. The van der Waals surface area contributed by atoms with Crippen molar-refractivity contribution < 1.29 is 14.3 Å². The van der Waals surface area contributed by atoms with Crippen LogP contribution in [0.15, 0.2) is 0 Å². The van der Waals surface area contributed by atoms with Gasteiger partial charge in [0.1, 0.15) is 6.10 Å². The van der Waals surface area contributed by atoms with Gasteiger partial charge in [0, 0.05) is 18.1 Å². The Hall–Kier alpha value is -1.46. The van der Waals surface area contributed by atoms with E-state index in [0.29, 0.717) is 6.42 Å². The Bertz CT molecular complexity index is 276. The van der Waals surface area contributed by atoms with E-state index in [2.05, 4.69) is 16.0 Å². The van der Waals surface area contributed by atoms with Crippen LogP contribution >= 0.6 is 0 Å². The zero-order chi connectivity index (χ0) is 15.7. The Morgan fingerprint density at radius 3 is 1.90 bits per heavy atom. The molecule has 20 heavy (non-hydrogen) atoms. The highest BCUT2D eigenvalue weighted by atomic mass is 16.6. The molecule has 2 atom stereocenters. The minimum Gasteiger partial charge on any atom is -0.447 e. The molecule has 0 rings (SSSR count). The summed E-state index contributed by atoms with van der Waals surface area (Å²) in [7, 11) is 0. The number of hydrogen-bond acceptors (Lipinski definition) is 3. The van der Waals surface area contributed by atoms with Crippen molar-refractivity contribution >= 4 is 12.1 Å². The van der Waals surface area contributed by atoms with E-state index >= 15 is 0 Å². The van der Waals surface area contributed by atoms with E-state index in [0.717, 1.165) is 6.42 Å². The average Bonchev–Trinajstić information content (AvgIpc) is 2.23. The van der Waals surface area contributed by atoms with Crippen LogP contribution in [0.2, 0.25) is 0 Å². The van der Waals surface area contributed by atoms with E-state index in [-0.39, 0.29) is 30.3 Å². The van der Waals surface area contributed by atoms with Gasteiger partial charge < -0.3 is 20.7 Å². The Morgan fingerprint density at radius 1 is 0.850 bits per heavy atom. The van der Waals surface area contributed by atoms with Gasteiger partial charge >= 0.3 is 12.1 Å². The Kier molecular flexibility index (Phi) is 8.76. The fraction of sp³-hybridized carbons (Fsp3) is 0.857. The van der Waals surface area contributed by atoms with Crippen molar-refractivity contribution in [3.8, 4) is 0 Å². The number of carbonyl (C=O) groups is 2. The van der Waals surface area contributed by atoms with Crippen molar-refractivity contribution in [2.75, 3.05) is 0 Å². The van der Waals surface area contributed by atoms with Crippen LogP contribution in [0.5, 0.6) is 0 Å². The van der Waals surface area contributed by atoms with E-state index in [4.69, 9.17) is 4.74 Å². The van der Waals surface area contributed by atoms with Crippen LogP contribution in [0.1, 0.15) is 54.4 Å². The number of nitrogens with one attached hydrogen (secondary N) is 3. The first-order valence-electron chi connectivity index (χ1n) is 7.24. The third-order valence-electron chi connectivity index (χ3n) is 2.52. The zero-order valence-corrected chi connectivity index (χ0v) is 13.4. The average molecular weight is 287 g/mol. The van der Waals surface area contributed by atoms with Crippen molar-refractivity contribution in [2.24, 2.45) is 0 Å². The number of carbonyl (C=O) groups excluding carboxylic acids is 2. The molecule has 118 valence electrons. The first-order chi connectivity index (χ1) is 9.20. The summed E-state index contributed by atoms with van der Waals surface area (Å²) in [6, 6.07) is 0.0470. The van der Waals surface area contributed by atoms with Crippen molar-refractivity contribution in [1.29, 1.82) is 0 Å². The molecular formula is C14H29N3O3. The number of ether oxygens (including phenoxy) is 1. The molecular weight excluding hydrogens is 258 g/mol. The predicted octanol–water partition coefficient (Wildman–Crippen LogP) is 2.39. The van der Waals surface area contributed by atoms with Gasteiger partial charge in [-0.1, -0.05) is 0 Å². The largest absolute Gasteiger partial charge is 0.447 e. The van der Waals surface area contributed by atoms with Crippen LogP contribution in [0.3, 0.4) is 0 Å². The van der Waals surface area contributed by atoms with Gasteiger partial charge in [0.15, 0.2) is 0 Å². The third-order valence-corrected chi connectivity index (χ3v) is 2.52. The Morgan fingerprint density at radius 2 is 1.40 bits per heavy atom. The summed E-state index contributed by atoms with van der Waals surface area (Å²) in [5, 5.41) is 8.29. The molecule has 2 unspecified atom stereocenters. The number of alkyl carbamates (subject to hydrolysis) is 1. The minimum atomic E-state index is -0.398. The summed E-state index contributed by atoms with van der Waals surface area (Å²) in [6.07, 6.45) is 0.882. The minimum absolute atomic E-state index is 0.0351. The van der Waals surface area contributed by atoms with Crippen LogP contribution in [-0.4, -0.2) is 36.4 Å². The molecule has 3 N–H and O–H groups in total. The lowest BCUT2D eigenvalue weighted by atomic mass is 10.1. The molecule has 0 aliphatic rings. The fourth-order valence-electron chi connectivity index (χ4n) is 1.60. The van der Waals surface area contributed by atoms with Crippen LogP contribution in [0.25, 0.3) is 0 Å². The molecule has 0 spiro atoms. The van der Waals surface area contributed by atoms with Crippen molar-refractivity contribution in [3.63, 3.8) is 0 Å². The summed E-state index contributed by atoms with van der Waals surface area (Å²) >= 11 is 0. The third kappa shape index (κ3) is 10.5. The van der Waals surface area contributed by atoms with Crippen LogP contribution in [0.4, 0.5) is 9.59 Å². The molecule has 0 saturated carbocycles. The predicted molar refractivity (Wildman–Crippen MR) is 79.7 cm³/mol. The lowest BCUT2D eigenvalue weighted by Crippen LogP contribution is -2.43. The maximum absolute atomic E-state index is 11.5. The van der Waals surface area contributed by atoms with Gasteiger partial charge in [-0.25, -0.2) is 9.59 Å². The second-order valence-electron chi connectivity index (χ2n) is 5.77. The number of rotatable bonds is 7. The molecule has 0 aliphatic heterocycles. The van der Waals surface area contributed by atoms with E-state index in [1.165, 1.54) is 0 Å². The van der Waals surface area contributed by atoms with Crippen LogP contribution < -0.4 is 16.0 Å². The molecule has 0 aromatic rings.